The van der Waals surface area contributed by atoms with Crippen LogP contribution in [0.4, 0.5) is 0 Å². The van der Waals surface area contributed by atoms with Crippen molar-refractivity contribution in [2.75, 3.05) is 0 Å². The van der Waals surface area contributed by atoms with E-state index in [2.05, 4.69) is 20.9 Å². The molecule has 0 aliphatic carbocycles. The van der Waals surface area contributed by atoms with E-state index in [9.17, 15) is 0 Å². The molecule has 1 heterocycles. The molecule has 3 aromatic rings. The van der Waals surface area contributed by atoms with Crippen molar-refractivity contribution in [2.24, 2.45) is 0 Å². The van der Waals surface area contributed by atoms with Crippen LogP contribution in [0.5, 0.6) is 0 Å². The molecule has 108 valence electrons. The lowest BCUT2D eigenvalue weighted by molar-refractivity contribution is 0.982. The van der Waals surface area contributed by atoms with Gasteiger partial charge in [-0.3, -0.25) is 4.57 Å². The Labute approximate surface area is 149 Å². The van der Waals surface area contributed by atoms with E-state index in [1.807, 2.05) is 22.8 Å². The van der Waals surface area contributed by atoms with Crippen LogP contribution in [0.2, 0.25) is 15.1 Å². The highest BCUT2D eigenvalue weighted by atomic mass is 79.9. The fourth-order valence-electron chi connectivity index (χ4n) is 2.14. The number of nitrogens with zero attached hydrogens (tertiary/aromatic N) is 2. The molecule has 0 atom stereocenters. The van der Waals surface area contributed by atoms with Crippen molar-refractivity contribution in [2.45, 2.75) is 5.88 Å². The average molecular weight is 425 g/mol. The van der Waals surface area contributed by atoms with E-state index in [-0.39, 0.29) is 5.88 Å². The summed E-state index contributed by atoms with van der Waals surface area (Å²) in [4.78, 5) is 4.52. The predicted molar refractivity (Wildman–Crippen MR) is 93.4 cm³/mol. The van der Waals surface area contributed by atoms with Gasteiger partial charge in [0.1, 0.15) is 5.82 Å². The number of benzene rings is 2. The van der Waals surface area contributed by atoms with Gasteiger partial charge in [0.2, 0.25) is 0 Å². The van der Waals surface area contributed by atoms with Crippen molar-refractivity contribution in [1.29, 1.82) is 0 Å². The van der Waals surface area contributed by atoms with Gasteiger partial charge in [-0.15, -0.1) is 11.6 Å². The summed E-state index contributed by atoms with van der Waals surface area (Å²) in [5.41, 5.74) is 2.42. The molecule has 0 unspecified atom stereocenters. The summed E-state index contributed by atoms with van der Waals surface area (Å²) >= 11 is 27.9. The Morgan fingerprint density at radius 1 is 1.00 bits per heavy atom. The van der Waals surface area contributed by atoms with Gasteiger partial charge in [-0.2, -0.15) is 0 Å². The maximum atomic E-state index is 6.32. The first-order chi connectivity index (χ1) is 10.0. The molecule has 1 aromatic heterocycles. The SMILES string of the molecule is ClCc1nc2ccc(Br)cc2n1-c1cc(Cl)c(Cl)cc1Cl. The first kappa shape index (κ1) is 15.4. The molecule has 0 fully saturated rings. The smallest absolute Gasteiger partial charge is 0.129 e. The van der Waals surface area contributed by atoms with E-state index in [0.717, 1.165) is 15.5 Å². The minimum atomic E-state index is 0.253. The lowest BCUT2D eigenvalue weighted by Gasteiger charge is -2.11. The van der Waals surface area contributed by atoms with Gasteiger partial charge >= 0.3 is 0 Å². The maximum absolute atomic E-state index is 6.32. The van der Waals surface area contributed by atoms with Crippen molar-refractivity contribution >= 4 is 73.4 Å². The van der Waals surface area contributed by atoms with Gasteiger partial charge in [0.15, 0.2) is 0 Å². The summed E-state index contributed by atoms with van der Waals surface area (Å²) in [7, 11) is 0. The van der Waals surface area contributed by atoms with E-state index in [1.54, 1.807) is 12.1 Å². The van der Waals surface area contributed by atoms with Crippen LogP contribution in [0.25, 0.3) is 16.7 Å². The lowest BCUT2D eigenvalue weighted by Crippen LogP contribution is -2.00. The van der Waals surface area contributed by atoms with Crippen LogP contribution in [0, 0.1) is 0 Å². The van der Waals surface area contributed by atoms with Crippen LogP contribution in [-0.4, -0.2) is 9.55 Å². The molecule has 0 N–H and O–H groups in total. The zero-order chi connectivity index (χ0) is 15.1. The van der Waals surface area contributed by atoms with E-state index >= 15 is 0 Å². The second kappa shape index (κ2) is 5.98. The second-order valence-electron chi connectivity index (χ2n) is 4.35. The summed E-state index contributed by atoms with van der Waals surface area (Å²) in [6.07, 6.45) is 0. The first-order valence-corrected chi connectivity index (χ1v) is 8.35. The number of halogens is 5. The zero-order valence-corrected chi connectivity index (χ0v) is 15.0. The minimum absolute atomic E-state index is 0.253. The Bertz CT molecular complexity index is 845. The highest BCUT2D eigenvalue weighted by Gasteiger charge is 2.16. The topological polar surface area (TPSA) is 17.8 Å². The normalized spacial score (nSPS) is 11.3. The van der Waals surface area contributed by atoms with Crippen LogP contribution < -0.4 is 0 Å². The molecular formula is C14H7BrCl4N2. The molecule has 3 rings (SSSR count). The van der Waals surface area contributed by atoms with E-state index in [0.29, 0.717) is 26.6 Å². The first-order valence-electron chi connectivity index (χ1n) is 5.89. The standard InChI is InChI=1S/C14H7BrCl4N2/c15-7-1-2-11-13(3-7)21(14(6-16)20-11)12-5-9(18)8(17)4-10(12)19/h1-5H,6H2. The van der Waals surface area contributed by atoms with Crippen LogP contribution in [0.3, 0.4) is 0 Å². The quantitative estimate of drug-likeness (QED) is 0.339. The largest absolute Gasteiger partial charge is 0.294 e. The molecule has 0 aliphatic rings. The molecule has 21 heavy (non-hydrogen) atoms. The van der Waals surface area contributed by atoms with Crippen molar-refractivity contribution < 1.29 is 0 Å². The molecule has 0 spiro atoms. The lowest BCUT2D eigenvalue weighted by atomic mass is 10.2. The molecule has 2 nitrogen and oxygen atoms in total. The predicted octanol–water partition coefficient (Wildman–Crippen LogP) is 6.49. The Morgan fingerprint density at radius 3 is 2.43 bits per heavy atom. The molecule has 0 amide bonds. The third kappa shape index (κ3) is 2.78. The average Bonchev–Trinajstić information content (AvgIpc) is 2.80. The van der Waals surface area contributed by atoms with Gasteiger partial charge in [0.25, 0.3) is 0 Å². The van der Waals surface area contributed by atoms with Gasteiger partial charge in [0, 0.05) is 4.47 Å². The summed E-state index contributed by atoms with van der Waals surface area (Å²) < 4.78 is 2.82. The molecular weight excluding hydrogens is 418 g/mol. The van der Waals surface area contributed by atoms with Gasteiger partial charge < -0.3 is 0 Å². The Balaban J connectivity index is 2.38. The molecule has 7 heteroatoms. The minimum Gasteiger partial charge on any atom is -0.294 e. The molecule has 2 aromatic carbocycles. The van der Waals surface area contributed by atoms with Crippen molar-refractivity contribution in [3.05, 3.63) is 55.7 Å². The molecule has 0 aliphatic heterocycles. The van der Waals surface area contributed by atoms with Crippen LogP contribution in [0.15, 0.2) is 34.8 Å². The molecule has 0 saturated heterocycles. The number of aromatic nitrogens is 2. The van der Waals surface area contributed by atoms with Gasteiger partial charge in [-0.05, 0) is 30.3 Å². The van der Waals surface area contributed by atoms with Crippen LogP contribution in [0.1, 0.15) is 5.82 Å². The van der Waals surface area contributed by atoms with E-state index in [1.165, 1.54) is 0 Å². The zero-order valence-electron chi connectivity index (χ0n) is 10.4. The second-order valence-corrected chi connectivity index (χ2v) is 6.75. The summed E-state index contributed by atoms with van der Waals surface area (Å²) in [6, 6.07) is 9.12. The highest BCUT2D eigenvalue weighted by molar-refractivity contribution is 9.10. The van der Waals surface area contributed by atoms with Crippen molar-refractivity contribution in [1.82, 2.24) is 9.55 Å². The Morgan fingerprint density at radius 2 is 1.71 bits per heavy atom. The number of fused-ring (bicyclic) bond motifs is 1. The summed E-state index contributed by atoms with van der Waals surface area (Å²) in [5, 5.41) is 1.31. The number of hydrogen-bond donors (Lipinski definition) is 0. The Kier molecular flexibility index (Phi) is 4.40. The molecule has 0 bridgehead atoms. The van der Waals surface area contributed by atoms with Crippen LogP contribution >= 0.6 is 62.3 Å². The van der Waals surface area contributed by atoms with E-state index in [4.69, 9.17) is 46.4 Å². The summed E-state index contributed by atoms with van der Waals surface area (Å²) in [6.45, 7) is 0. The highest BCUT2D eigenvalue weighted by Crippen LogP contribution is 2.34. The van der Waals surface area contributed by atoms with Gasteiger partial charge in [-0.1, -0.05) is 50.7 Å². The number of imidazole rings is 1. The fraction of sp³-hybridized carbons (Fsp3) is 0.0714. The maximum Gasteiger partial charge on any atom is 0.129 e. The molecule has 0 saturated carbocycles. The van der Waals surface area contributed by atoms with Gasteiger partial charge in [0.05, 0.1) is 37.7 Å². The van der Waals surface area contributed by atoms with Crippen molar-refractivity contribution in [3.8, 4) is 5.69 Å². The fourth-order valence-corrected chi connectivity index (χ4v) is 3.29. The third-order valence-corrected chi connectivity index (χ3v) is 4.79. The van der Waals surface area contributed by atoms with Crippen LogP contribution in [-0.2, 0) is 5.88 Å². The molecule has 0 radical (unpaired) electrons. The number of alkyl halides is 1. The number of hydrogen-bond acceptors (Lipinski definition) is 1. The summed E-state index contributed by atoms with van der Waals surface area (Å²) in [5.74, 6) is 0.938. The third-order valence-electron chi connectivity index (χ3n) is 3.04. The van der Waals surface area contributed by atoms with Crippen molar-refractivity contribution in [3.63, 3.8) is 0 Å². The van der Waals surface area contributed by atoms with Gasteiger partial charge in [-0.25, -0.2) is 4.98 Å². The van der Waals surface area contributed by atoms with E-state index < -0.39 is 0 Å². The monoisotopic (exact) mass is 422 g/mol. The number of rotatable bonds is 2. The Hall–Kier alpha value is -0.450.